The molecule has 4 heteroatoms. The second-order valence-corrected chi connectivity index (χ2v) is 5.18. The van der Waals surface area contributed by atoms with Crippen molar-refractivity contribution in [3.8, 4) is 0 Å². The number of rotatable bonds is 5. The fourth-order valence-corrected chi connectivity index (χ4v) is 1.51. The fourth-order valence-electron chi connectivity index (χ4n) is 1.34. The number of carbonyl (C=O) groups is 1. The summed E-state index contributed by atoms with van der Waals surface area (Å²) in [4.78, 5) is 11.1. The van der Waals surface area contributed by atoms with E-state index in [2.05, 4.69) is 21.2 Å². The van der Waals surface area contributed by atoms with Gasteiger partial charge in [0.2, 0.25) is 5.91 Å². The van der Waals surface area contributed by atoms with Gasteiger partial charge in [-0.1, -0.05) is 15.9 Å². The van der Waals surface area contributed by atoms with Gasteiger partial charge in [-0.25, -0.2) is 0 Å². The van der Waals surface area contributed by atoms with Crippen LogP contribution in [0.2, 0.25) is 0 Å². The van der Waals surface area contributed by atoms with E-state index >= 15 is 0 Å². The van der Waals surface area contributed by atoms with Gasteiger partial charge >= 0.3 is 0 Å². The van der Waals surface area contributed by atoms with Crippen LogP contribution in [-0.4, -0.2) is 29.0 Å². The quantitative estimate of drug-likeness (QED) is 0.716. The highest BCUT2D eigenvalue weighted by molar-refractivity contribution is 9.10. The lowest BCUT2D eigenvalue weighted by atomic mass is 10.0. The Balaban J connectivity index is 2.22. The van der Waals surface area contributed by atoms with Crippen LogP contribution in [0.4, 0.5) is 0 Å². The predicted octanol–water partition coefficient (Wildman–Crippen LogP) is 1.05. The largest absolute Gasteiger partial charge is 0.396 e. The van der Waals surface area contributed by atoms with E-state index in [0.717, 1.165) is 19.3 Å². The Morgan fingerprint density at radius 1 is 1.69 bits per heavy atom. The summed E-state index contributed by atoms with van der Waals surface area (Å²) < 4.78 is 0. The van der Waals surface area contributed by atoms with E-state index in [1.807, 2.05) is 0 Å². The molecule has 0 bridgehead atoms. The number of carbonyl (C=O) groups excluding carboxylic acids is 1. The number of amides is 1. The number of halogens is 1. The molecule has 1 rings (SSSR count). The van der Waals surface area contributed by atoms with Gasteiger partial charge in [0.25, 0.3) is 0 Å². The highest BCUT2D eigenvalue weighted by atomic mass is 79.9. The normalized spacial score (nSPS) is 20.8. The average molecular weight is 250 g/mol. The molecule has 0 saturated heterocycles. The standard InChI is InChI=1S/C9H16BrNO2/c1-7(10)8(13)11-6-9(2-3-9)4-5-12/h7,12H,2-6H2,1H3,(H,11,13). The van der Waals surface area contributed by atoms with Crippen LogP contribution >= 0.6 is 15.9 Å². The molecule has 0 heterocycles. The van der Waals surface area contributed by atoms with Crippen molar-refractivity contribution in [2.24, 2.45) is 5.41 Å². The van der Waals surface area contributed by atoms with Crippen molar-refractivity contribution in [3.63, 3.8) is 0 Å². The van der Waals surface area contributed by atoms with Crippen LogP contribution in [0, 0.1) is 5.41 Å². The number of hydrogen-bond donors (Lipinski definition) is 2. The van der Waals surface area contributed by atoms with Crippen molar-refractivity contribution in [2.45, 2.75) is 31.0 Å². The molecule has 1 amide bonds. The lowest BCUT2D eigenvalue weighted by molar-refractivity contribution is -0.120. The minimum atomic E-state index is -0.127. The van der Waals surface area contributed by atoms with Crippen LogP contribution in [0.25, 0.3) is 0 Å². The zero-order valence-electron chi connectivity index (χ0n) is 7.85. The van der Waals surface area contributed by atoms with Crippen molar-refractivity contribution < 1.29 is 9.90 Å². The number of hydrogen-bond acceptors (Lipinski definition) is 2. The Hall–Kier alpha value is -0.0900. The third-order valence-electron chi connectivity index (χ3n) is 2.60. The highest BCUT2D eigenvalue weighted by Gasteiger charge is 2.41. The van der Waals surface area contributed by atoms with Gasteiger partial charge < -0.3 is 10.4 Å². The van der Waals surface area contributed by atoms with E-state index in [-0.39, 0.29) is 22.8 Å². The first-order chi connectivity index (χ1) is 6.09. The molecular weight excluding hydrogens is 234 g/mol. The molecule has 0 spiro atoms. The lowest BCUT2D eigenvalue weighted by Crippen LogP contribution is -2.34. The summed E-state index contributed by atoms with van der Waals surface area (Å²) in [5.41, 5.74) is 0.215. The Labute approximate surface area is 87.0 Å². The van der Waals surface area contributed by atoms with Crippen LogP contribution < -0.4 is 5.32 Å². The monoisotopic (exact) mass is 249 g/mol. The second-order valence-electron chi connectivity index (χ2n) is 3.81. The SMILES string of the molecule is CC(Br)C(=O)NCC1(CCO)CC1. The number of nitrogens with one attached hydrogen (secondary N) is 1. The van der Waals surface area contributed by atoms with E-state index in [1.165, 1.54) is 0 Å². The topological polar surface area (TPSA) is 49.3 Å². The van der Waals surface area contributed by atoms with Crippen LogP contribution in [-0.2, 0) is 4.79 Å². The zero-order valence-corrected chi connectivity index (χ0v) is 9.43. The van der Waals surface area contributed by atoms with Gasteiger partial charge in [-0.05, 0) is 31.6 Å². The smallest absolute Gasteiger partial charge is 0.233 e. The summed E-state index contributed by atoms with van der Waals surface area (Å²) in [5.74, 6) is 0.0317. The van der Waals surface area contributed by atoms with Gasteiger partial charge in [-0.15, -0.1) is 0 Å². The lowest BCUT2D eigenvalue weighted by Gasteiger charge is -2.15. The summed E-state index contributed by atoms with van der Waals surface area (Å²) >= 11 is 3.21. The van der Waals surface area contributed by atoms with Gasteiger partial charge in [0.15, 0.2) is 0 Å². The van der Waals surface area contributed by atoms with E-state index in [0.29, 0.717) is 6.54 Å². The molecule has 1 aliphatic carbocycles. The van der Waals surface area contributed by atoms with Crippen molar-refractivity contribution in [3.05, 3.63) is 0 Å². The molecule has 0 aromatic rings. The predicted molar refractivity (Wildman–Crippen MR) is 54.8 cm³/mol. The molecule has 3 nitrogen and oxygen atoms in total. The molecule has 1 fully saturated rings. The molecule has 1 atom stereocenters. The summed E-state index contributed by atoms with van der Waals surface area (Å²) in [6.07, 6.45) is 3.07. The molecule has 13 heavy (non-hydrogen) atoms. The molecule has 1 unspecified atom stereocenters. The number of aliphatic hydroxyl groups is 1. The summed E-state index contributed by atoms with van der Waals surface area (Å²) in [6.45, 7) is 2.74. The number of aliphatic hydroxyl groups excluding tert-OH is 1. The summed E-state index contributed by atoms with van der Waals surface area (Å²) in [5, 5.41) is 11.7. The maximum Gasteiger partial charge on any atom is 0.233 e. The first kappa shape index (κ1) is 11.0. The zero-order chi connectivity index (χ0) is 9.90. The van der Waals surface area contributed by atoms with Gasteiger partial charge in [0.1, 0.15) is 0 Å². The maximum atomic E-state index is 11.2. The summed E-state index contributed by atoms with van der Waals surface area (Å²) in [6, 6.07) is 0. The van der Waals surface area contributed by atoms with Crippen LogP contribution in [0.5, 0.6) is 0 Å². The minimum Gasteiger partial charge on any atom is -0.396 e. The van der Waals surface area contributed by atoms with Crippen LogP contribution in [0.1, 0.15) is 26.2 Å². The Morgan fingerprint density at radius 3 is 2.69 bits per heavy atom. The number of alkyl halides is 1. The third kappa shape index (κ3) is 3.27. The van der Waals surface area contributed by atoms with Crippen molar-refractivity contribution in [1.29, 1.82) is 0 Å². The van der Waals surface area contributed by atoms with Gasteiger partial charge in [-0.2, -0.15) is 0 Å². The van der Waals surface area contributed by atoms with Gasteiger partial charge in [0, 0.05) is 13.2 Å². The Kier molecular flexibility index (Phi) is 3.74. The fraction of sp³-hybridized carbons (Fsp3) is 0.889. The molecule has 2 N–H and O–H groups in total. The Bertz CT molecular complexity index is 190. The molecule has 76 valence electrons. The van der Waals surface area contributed by atoms with Gasteiger partial charge in [-0.3, -0.25) is 4.79 Å². The molecule has 1 aliphatic rings. The molecule has 0 aromatic carbocycles. The van der Waals surface area contributed by atoms with Crippen molar-refractivity contribution >= 4 is 21.8 Å². The summed E-state index contributed by atoms with van der Waals surface area (Å²) in [7, 11) is 0. The van der Waals surface area contributed by atoms with E-state index in [1.54, 1.807) is 6.92 Å². The molecule has 0 aliphatic heterocycles. The average Bonchev–Trinajstić information content (AvgIpc) is 2.82. The second kappa shape index (κ2) is 4.42. The van der Waals surface area contributed by atoms with E-state index in [9.17, 15) is 4.79 Å². The van der Waals surface area contributed by atoms with E-state index in [4.69, 9.17) is 5.11 Å². The first-order valence-electron chi connectivity index (χ1n) is 4.62. The molecule has 0 radical (unpaired) electrons. The van der Waals surface area contributed by atoms with Gasteiger partial charge in [0.05, 0.1) is 4.83 Å². The minimum absolute atomic E-state index is 0.0317. The van der Waals surface area contributed by atoms with Crippen LogP contribution in [0.15, 0.2) is 0 Å². The highest BCUT2D eigenvalue weighted by Crippen LogP contribution is 2.47. The van der Waals surface area contributed by atoms with E-state index < -0.39 is 0 Å². The molecule has 1 saturated carbocycles. The maximum absolute atomic E-state index is 11.2. The van der Waals surface area contributed by atoms with Crippen molar-refractivity contribution in [2.75, 3.05) is 13.2 Å². The molecular formula is C9H16BrNO2. The van der Waals surface area contributed by atoms with Crippen molar-refractivity contribution in [1.82, 2.24) is 5.32 Å². The first-order valence-corrected chi connectivity index (χ1v) is 5.54. The third-order valence-corrected chi connectivity index (χ3v) is 3.01. The van der Waals surface area contributed by atoms with Crippen LogP contribution in [0.3, 0.4) is 0 Å². The Morgan fingerprint density at radius 2 is 2.31 bits per heavy atom. The molecule has 0 aromatic heterocycles.